The Labute approximate surface area is 161 Å². The zero-order valence-corrected chi connectivity index (χ0v) is 15.1. The number of allylic oxidation sites excluding steroid dienone is 8. The van der Waals surface area contributed by atoms with Gasteiger partial charge in [-0.3, -0.25) is 0 Å². The second-order valence-electron chi connectivity index (χ2n) is 6.11. The summed E-state index contributed by atoms with van der Waals surface area (Å²) in [4.78, 5) is 12.5. The average molecular weight is 377 g/mol. The summed E-state index contributed by atoms with van der Waals surface area (Å²) < 4.78 is 0. The van der Waals surface area contributed by atoms with Gasteiger partial charge in [0.15, 0.2) is 0 Å². The number of nitrogens with zero attached hydrogens (tertiary/aromatic N) is 2. The van der Waals surface area contributed by atoms with Crippen LogP contribution in [0.2, 0.25) is 0 Å². The fraction of sp³-hybridized carbons (Fsp3) is 0. The first-order chi connectivity index (χ1) is 12.2. The van der Waals surface area contributed by atoms with E-state index in [4.69, 9.17) is 0 Å². The minimum Gasteiger partial charge on any atom is -0.623 e. The van der Waals surface area contributed by atoms with Crippen LogP contribution in [0.1, 0.15) is 0 Å². The number of hydrogen-bond donors (Lipinski definition) is 2. The maximum Gasteiger partial charge on any atom is 4.00 e. The van der Waals surface area contributed by atoms with Gasteiger partial charge in [0.25, 0.3) is 0 Å². The molecular formula is C20H14N4OV+4. The molecule has 1 aromatic heterocycles. The van der Waals surface area contributed by atoms with Gasteiger partial charge in [-0.2, -0.15) is 0 Å². The molecule has 4 aliphatic heterocycles. The van der Waals surface area contributed by atoms with Crippen molar-refractivity contribution < 1.29 is 23.6 Å². The van der Waals surface area contributed by atoms with Gasteiger partial charge in [0.1, 0.15) is 11.4 Å². The smallest absolute Gasteiger partial charge is 0.623 e. The van der Waals surface area contributed by atoms with Crippen LogP contribution in [0.3, 0.4) is 0 Å². The van der Waals surface area contributed by atoms with Crippen molar-refractivity contribution in [3.05, 3.63) is 99.4 Å². The van der Waals surface area contributed by atoms with Crippen LogP contribution in [0.25, 0.3) is 12.2 Å². The Kier molecular flexibility index (Phi) is 4.22. The number of aromatic nitrogens is 1. The van der Waals surface area contributed by atoms with Gasteiger partial charge in [-0.05, 0) is 48.6 Å². The molecule has 2 N–H and O–H groups in total. The van der Waals surface area contributed by atoms with Crippen LogP contribution >= 0.6 is 0 Å². The molecule has 121 valence electrons. The molecule has 1 radical (unpaired) electrons. The Morgan fingerprint density at radius 1 is 0.731 bits per heavy atom. The van der Waals surface area contributed by atoms with Gasteiger partial charge in [0.2, 0.25) is 0 Å². The van der Waals surface area contributed by atoms with E-state index >= 15 is 0 Å². The number of fused-ring (bicyclic) bond motifs is 6. The topological polar surface area (TPSA) is 68.0 Å². The fourth-order valence-corrected chi connectivity index (χ4v) is 3.07. The van der Waals surface area contributed by atoms with Crippen molar-refractivity contribution >= 4 is 23.6 Å². The van der Waals surface area contributed by atoms with E-state index in [1.165, 1.54) is 0 Å². The molecule has 0 amide bonds. The van der Waals surface area contributed by atoms with Crippen LogP contribution in [-0.4, -0.2) is 16.4 Å². The molecule has 0 saturated carbocycles. The van der Waals surface area contributed by atoms with E-state index in [1.807, 2.05) is 72.9 Å². The molecule has 0 atom stereocenters. The van der Waals surface area contributed by atoms with Crippen LogP contribution in [0.15, 0.2) is 93.5 Å². The number of H-pyrrole nitrogens is 1. The SMILES string of the molecule is [O-][NH+]1C2=CC=C1C=C1C=CC(=N1)C=c1ccc([nH]1)=CC1=NC(=C2)C=C1.[V+4]. The molecule has 6 heteroatoms. The van der Waals surface area contributed by atoms with Crippen molar-refractivity contribution in [2.45, 2.75) is 0 Å². The third kappa shape index (κ3) is 3.09. The zero-order valence-electron chi connectivity index (χ0n) is 13.7. The van der Waals surface area contributed by atoms with E-state index in [0.29, 0.717) is 11.4 Å². The Hall–Kier alpha value is -2.70. The van der Waals surface area contributed by atoms with E-state index in [2.05, 4.69) is 15.0 Å². The predicted octanol–water partition coefficient (Wildman–Crippen LogP) is 0.540. The molecule has 0 aliphatic carbocycles. The summed E-state index contributed by atoms with van der Waals surface area (Å²) in [6.45, 7) is 0. The number of nitrogens with one attached hydrogen (secondary N) is 2. The second kappa shape index (κ2) is 6.55. The number of aromatic amines is 1. The van der Waals surface area contributed by atoms with Crippen molar-refractivity contribution in [2.75, 3.05) is 0 Å². The third-order valence-corrected chi connectivity index (χ3v) is 4.28. The molecule has 8 bridgehead atoms. The predicted molar refractivity (Wildman–Crippen MR) is 98.8 cm³/mol. The number of hydrogen-bond acceptors (Lipinski definition) is 3. The average Bonchev–Trinajstić information content (AvgIpc) is 3.36. The van der Waals surface area contributed by atoms with Crippen molar-refractivity contribution in [3.63, 3.8) is 0 Å². The molecular weight excluding hydrogens is 363 g/mol. The second-order valence-corrected chi connectivity index (χ2v) is 6.11. The van der Waals surface area contributed by atoms with E-state index in [1.54, 1.807) is 0 Å². The quantitative estimate of drug-likeness (QED) is 0.637. The summed E-state index contributed by atoms with van der Waals surface area (Å²) in [5, 5.41) is 14.5. The Morgan fingerprint density at radius 3 is 1.73 bits per heavy atom. The van der Waals surface area contributed by atoms with Crippen LogP contribution in [0.5, 0.6) is 0 Å². The monoisotopic (exact) mass is 377 g/mol. The zero-order chi connectivity index (χ0) is 16.8. The Bertz CT molecular complexity index is 1060. The molecule has 0 unspecified atom stereocenters. The van der Waals surface area contributed by atoms with Crippen molar-refractivity contribution in [3.8, 4) is 0 Å². The minimum absolute atomic E-state index is 0. The normalized spacial score (nSPS) is 22.3. The van der Waals surface area contributed by atoms with Gasteiger partial charge in [0, 0.05) is 35.0 Å². The molecule has 0 fully saturated rings. The maximum absolute atomic E-state index is 12.5. The first-order valence-corrected chi connectivity index (χ1v) is 8.05. The summed E-state index contributed by atoms with van der Waals surface area (Å²) in [6, 6.07) is 4.02. The van der Waals surface area contributed by atoms with Gasteiger partial charge >= 0.3 is 18.6 Å². The summed E-state index contributed by atoms with van der Waals surface area (Å²) in [5.74, 6) is 0. The molecule has 5 rings (SSSR count). The standard InChI is InChI=1S/C20H14N4O.V/c25-24-19-7-8-20(24)12-18-6-4-16(23-18)10-14-2-1-13(21-14)9-15-3-5-17(11-19)22-15;/h1-12,21,24H;/q;+4. The summed E-state index contributed by atoms with van der Waals surface area (Å²) >= 11 is 0. The minimum atomic E-state index is 0. The summed E-state index contributed by atoms with van der Waals surface area (Å²) in [7, 11) is 0. The van der Waals surface area contributed by atoms with E-state index in [9.17, 15) is 5.21 Å². The van der Waals surface area contributed by atoms with Crippen LogP contribution in [-0.2, 0) is 18.6 Å². The van der Waals surface area contributed by atoms with Crippen molar-refractivity contribution in [1.82, 2.24) is 4.98 Å². The number of hydroxylamine groups is 2. The molecule has 4 aliphatic rings. The molecule has 0 aromatic carbocycles. The fourth-order valence-electron chi connectivity index (χ4n) is 3.07. The van der Waals surface area contributed by atoms with Crippen molar-refractivity contribution in [1.29, 1.82) is 0 Å². The van der Waals surface area contributed by atoms with Crippen molar-refractivity contribution in [2.24, 2.45) is 9.98 Å². The molecule has 5 heterocycles. The number of quaternary nitrogens is 1. The molecule has 26 heavy (non-hydrogen) atoms. The molecule has 5 nitrogen and oxygen atoms in total. The maximum atomic E-state index is 12.5. The first kappa shape index (κ1) is 16.8. The largest absolute Gasteiger partial charge is 4.00 e. The van der Waals surface area contributed by atoms with E-state index in [0.717, 1.165) is 33.5 Å². The van der Waals surface area contributed by atoms with Gasteiger partial charge < -0.3 is 15.3 Å². The van der Waals surface area contributed by atoms with Gasteiger partial charge in [-0.25, -0.2) is 9.98 Å². The first-order valence-electron chi connectivity index (χ1n) is 8.05. The van der Waals surface area contributed by atoms with Gasteiger partial charge in [-0.1, -0.05) is 0 Å². The van der Waals surface area contributed by atoms with Gasteiger partial charge in [0.05, 0.1) is 22.8 Å². The molecule has 0 saturated heterocycles. The van der Waals surface area contributed by atoms with E-state index < -0.39 is 0 Å². The van der Waals surface area contributed by atoms with Crippen LogP contribution in [0, 0.1) is 5.21 Å². The Morgan fingerprint density at radius 2 is 1.23 bits per heavy atom. The Balaban J connectivity index is 0.00000168. The number of rotatable bonds is 0. The van der Waals surface area contributed by atoms with Crippen LogP contribution in [0.4, 0.5) is 0 Å². The van der Waals surface area contributed by atoms with Gasteiger partial charge in [-0.15, -0.1) is 0 Å². The van der Waals surface area contributed by atoms with E-state index in [-0.39, 0.29) is 23.6 Å². The molecule has 1 aromatic rings. The third-order valence-electron chi connectivity index (χ3n) is 4.28. The summed E-state index contributed by atoms with van der Waals surface area (Å²) in [6.07, 6.45) is 19.0. The number of aliphatic imine (C=N–C) groups is 2. The summed E-state index contributed by atoms with van der Waals surface area (Å²) in [5.41, 5.74) is 4.55. The molecule has 0 spiro atoms. The van der Waals surface area contributed by atoms with Crippen LogP contribution < -0.4 is 15.8 Å².